The Morgan fingerprint density at radius 2 is 1.86 bits per heavy atom. The van der Waals surface area contributed by atoms with Crippen LogP contribution < -0.4 is 0 Å². The van der Waals surface area contributed by atoms with Gasteiger partial charge in [-0.2, -0.15) is 0 Å². The Balaban J connectivity index is 3.26. The van der Waals surface area contributed by atoms with Crippen LogP contribution >= 0.6 is 0 Å². The Kier molecular flexibility index (Phi) is 8.70. The summed E-state index contributed by atoms with van der Waals surface area (Å²) in [5.74, 6) is 0.398. The average molecular weight is 200 g/mol. The average Bonchev–Trinajstić information content (AvgIpc) is 2.17. The second-order valence-corrected chi connectivity index (χ2v) is 4.09. The van der Waals surface area contributed by atoms with E-state index in [1.54, 1.807) is 0 Å². The molecule has 1 atom stereocenters. The Morgan fingerprint density at radius 3 is 2.43 bits per heavy atom. The highest BCUT2D eigenvalue weighted by Gasteiger charge is 2.08. The molecule has 84 valence electrons. The summed E-state index contributed by atoms with van der Waals surface area (Å²) in [4.78, 5) is 10.9. The summed E-state index contributed by atoms with van der Waals surface area (Å²) < 4.78 is 4.63. The van der Waals surface area contributed by atoms with Crippen molar-refractivity contribution < 1.29 is 9.53 Å². The second-order valence-electron chi connectivity index (χ2n) is 4.09. The predicted octanol–water partition coefficient (Wildman–Crippen LogP) is 3.55. The van der Waals surface area contributed by atoms with E-state index in [-0.39, 0.29) is 5.97 Å². The van der Waals surface area contributed by atoms with E-state index >= 15 is 0 Å². The standard InChI is InChI=1S/C12H24O2/c1-4-5-6-7-8-9-11(2)10-12(13)14-3/h11H,4-10H2,1-3H3. The van der Waals surface area contributed by atoms with E-state index in [9.17, 15) is 4.79 Å². The third-order valence-corrected chi connectivity index (χ3v) is 2.54. The van der Waals surface area contributed by atoms with Gasteiger partial charge in [0.05, 0.1) is 7.11 Å². The molecule has 0 aliphatic carbocycles. The minimum absolute atomic E-state index is 0.0777. The van der Waals surface area contributed by atoms with Gasteiger partial charge in [0.15, 0.2) is 0 Å². The topological polar surface area (TPSA) is 26.3 Å². The molecule has 0 aromatic heterocycles. The van der Waals surface area contributed by atoms with Crippen molar-refractivity contribution in [1.29, 1.82) is 0 Å². The van der Waals surface area contributed by atoms with Gasteiger partial charge in [0, 0.05) is 6.42 Å². The van der Waals surface area contributed by atoms with Gasteiger partial charge in [-0.3, -0.25) is 4.79 Å². The van der Waals surface area contributed by atoms with Crippen molar-refractivity contribution in [3.63, 3.8) is 0 Å². The van der Waals surface area contributed by atoms with Crippen molar-refractivity contribution in [1.82, 2.24) is 0 Å². The fourth-order valence-electron chi connectivity index (χ4n) is 1.57. The minimum atomic E-state index is -0.0777. The summed E-state index contributed by atoms with van der Waals surface area (Å²) in [7, 11) is 1.45. The summed E-state index contributed by atoms with van der Waals surface area (Å²) in [5, 5.41) is 0. The molecule has 0 radical (unpaired) electrons. The summed E-state index contributed by atoms with van der Waals surface area (Å²) >= 11 is 0. The fraction of sp³-hybridized carbons (Fsp3) is 0.917. The molecule has 0 spiro atoms. The van der Waals surface area contributed by atoms with Crippen molar-refractivity contribution in [2.45, 2.75) is 58.8 Å². The number of methoxy groups -OCH3 is 1. The molecule has 0 bridgehead atoms. The maximum Gasteiger partial charge on any atom is 0.305 e. The van der Waals surface area contributed by atoms with Crippen molar-refractivity contribution in [3.05, 3.63) is 0 Å². The molecule has 14 heavy (non-hydrogen) atoms. The SMILES string of the molecule is CCCCCCCC(C)CC(=O)OC. The molecule has 0 aliphatic rings. The Labute approximate surface area is 88.0 Å². The van der Waals surface area contributed by atoms with E-state index in [1.807, 2.05) is 0 Å². The molecule has 0 rings (SSSR count). The highest BCUT2D eigenvalue weighted by molar-refractivity contribution is 5.69. The number of ether oxygens (including phenoxy) is 1. The zero-order valence-corrected chi connectivity index (χ0v) is 9.84. The van der Waals surface area contributed by atoms with E-state index in [0.29, 0.717) is 12.3 Å². The molecular weight excluding hydrogens is 176 g/mol. The number of unbranched alkanes of at least 4 members (excludes halogenated alkanes) is 4. The summed E-state index contributed by atoms with van der Waals surface area (Å²) in [6.45, 7) is 4.34. The quantitative estimate of drug-likeness (QED) is 0.442. The van der Waals surface area contributed by atoms with Gasteiger partial charge >= 0.3 is 5.97 Å². The Hall–Kier alpha value is -0.530. The summed E-state index contributed by atoms with van der Waals surface area (Å²) in [6, 6.07) is 0. The van der Waals surface area contributed by atoms with Crippen LogP contribution in [0.1, 0.15) is 58.8 Å². The van der Waals surface area contributed by atoms with Gasteiger partial charge in [0.25, 0.3) is 0 Å². The third kappa shape index (κ3) is 8.09. The van der Waals surface area contributed by atoms with Crippen LogP contribution in [-0.4, -0.2) is 13.1 Å². The highest BCUT2D eigenvalue weighted by atomic mass is 16.5. The van der Waals surface area contributed by atoms with Crippen LogP contribution in [0.15, 0.2) is 0 Å². The first-order valence-corrected chi connectivity index (χ1v) is 5.77. The van der Waals surface area contributed by atoms with Crippen LogP contribution in [0, 0.1) is 5.92 Å². The molecule has 0 amide bonds. The normalized spacial score (nSPS) is 12.5. The van der Waals surface area contributed by atoms with Crippen LogP contribution in [0.5, 0.6) is 0 Å². The monoisotopic (exact) mass is 200 g/mol. The van der Waals surface area contributed by atoms with Gasteiger partial charge < -0.3 is 4.74 Å². The van der Waals surface area contributed by atoms with E-state index < -0.39 is 0 Å². The number of esters is 1. The lowest BCUT2D eigenvalue weighted by Crippen LogP contribution is -2.06. The van der Waals surface area contributed by atoms with Crippen LogP contribution in [-0.2, 0) is 9.53 Å². The maximum absolute atomic E-state index is 10.9. The molecule has 0 saturated carbocycles. The van der Waals surface area contributed by atoms with E-state index in [2.05, 4.69) is 18.6 Å². The number of hydrogen-bond acceptors (Lipinski definition) is 2. The van der Waals surface area contributed by atoms with E-state index in [4.69, 9.17) is 0 Å². The smallest absolute Gasteiger partial charge is 0.305 e. The number of carbonyl (C=O) groups excluding carboxylic acids is 1. The van der Waals surface area contributed by atoms with Gasteiger partial charge in [-0.25, -0.2) is 0 Å². The highest BCUT2D eigenvalue weighted by Crippen LogP contribution is 2.14. The van der Waals surface area contributed by atoms with Crippen LogP contribution in [0.2, 0.25) is 0 Å². The molecular formula is C12H24O2. The lowest BCUT2D eigenvalue weighted by atomic mass is 9.99. The number of carbonyl (C=O) groups is 1. The number of rotatable bonds is 8. The first-order valence-electron chi connectivity index (χ1n) is 5.77. The predicted molar refractivity (Wildman–Crippen MR) is 59.2 cm³/mol. The van der Waals surface area contributed by atoms with Crippen molar-refractivity contribution >= 4 is 5.97 Å². The lowest BCUT2D eigenvalue weighted by Gasteiger charge is -2.09. The minimum Gasteiger partial charge on any atom is -0.469 e. The van der Waals surface area contributed by atoms with E-state index in [0.717, 1.165) is 6.42 Å². The number of hydrogen-bond donors (Lipinski definition) is 0. The molecule has 2 nitrogen and oxygen atoms in total. The largest absolute Gasteiger partial charge is 0.469 e. The van der Waals surface area contributed by atoms with Gasteiger partial charge in [-0.15, -0.1) is 0 Å². The van der Waals surface area contributed by atoms with Gasteiger partial charge in [-0.05, 0) is 5.92 Å². The van der Waals surface area contributed by atoms with Crippen molar-refractivity contribution in [2.75, 3.05) is 7.11 Å². The lowest BCUT2D eigenvalue weighted by molar-refractivity contribution is -0.141. The van der Waals surface area contributed by atoms with Gasteiger partial charge in [-0.1, -0.05) is 52.4 Å². The van der Waals surface area contributed by atoms with Crippen LogP contribution in [0.25, 0.3) is 0 Å². The first kappa shape index (κ1) is 13.5. The van der Waals surface area contributed by atoms with Crippen LogP contribution in [0.4, 0.5) is 0 Å². The summed E-state index contributed by atoms with van der Waals surface area (Å²) in [5.41, 5.74) is 0. The molecule has 0 N–H and O–H groups in total. The molecule has 0 saturated heterocycles. The van der Waals surface area contributed by atoms with Gasteiger partial charge in [0.1, 0.15) is 0 Å². The first-order chi connectivity index (χ1) is 6.70. The Bertz CT molecular complexity index is 143. The third-order valence-electron chi connectivity index (χ3n) is 2.54. The molecule has 0 aromatic carbocycles. The van der Waals surface area contributed by atoms with E-state index in [1.165, 1.54) is 39.2 Å². The summed E-state index contributed by atoms with van der Waals surface area (Å²) in [6.07, 6.45) is 8.24. The molecule has 2 heteroatoms. The molecule has 0 heterocycles. The molecule has 0 aliphatic heterocycles. The second kappa shape index (κ2) is 9.04. The van der Waals surface area contributed by atoms with Crippen LogP contribution in [0.3, 0.4) is 0 Å². The molecule has 0 fully saturated rings. The molecule has 0 aromatic rings. The zero-order valence-electron chi connectivity index (χ0n) is 9.84. The molecule has 1 unspecified atom stereocenters. The fourth-order valence-corrected chi connectivity index (χ4v) is 1.57. The maximum atomic E-state index is 10.9. The zero-order chi connectivity index (χ0) is 10.8. The Morgan fingerprint density at radius 1 is 1.21 bits per heavy atom. The van der Waals surface area contributed by atoms with Crippen molar-refractivity contribution in [2.24, 2.45) is 5.92 Å². The van der Waals surface area contributed by atoms with Gasteiger partial charge in [0.2, 0.25) is 0 Å². The van der Waals surface area contributed by atoms with Crippen molar-refractivity contribution in [3.8, 4) is 0 Å².